The number of hydrogen-bond acceptors (Lipinski definition) is 5. The Morgan fingerprint density at radius 1 is 1.29 bits per heavy atom. The molecule has 24 heavy (non-hydrogen) atoms. The molecular weight excluding hydrogens is 347 g/mol. The van der Waals surface area contributed by atoms with E-state index in [1.54, 1.807) is 7.11 Å². The number of aromatic nitrogens is 3. The number of ether oxygens (including phenoxy) is 2. The van der Waals surface area contributed by atoms with Crippen molar-refractivity contribution in [2.45, 2.75) is 30.2 Å². The lowest BCUT2D eigenvalue weighted by Crippen LogP contribution is -2.18. The van der Waals surface area contributed by atoms with Crippen LogP contribution in [0, 0.1) is 0 Å². The Kier molecular flexibility index (Phi) is 6.32. The highest BCUT2D eigenvalue weighted by atomic mass is 32.2. The molecule has 0 radical (unpaired) electrons. The van der Waals surface area contributed by atoms with Crippen molar-refractivity contribution in [3.05, 3.63) is 40.3 Å². The quantitative estimate of drug-likeness (QED) is 0.577. The first-order valence-electron chi connectivity index (χ1n) is 7.00. The summed E-state index contributed by atoms with van der Waals surface area (Å²) in [6.45, 7) is 1.01. The third-order valence-electron chi connectivity index (χ3n) is 2.98. The monoisotopic (exact) mass is 363 g/mol. The maximum atomic E-state index is 12.1. The van der Waals surface area contributed by atoms with E-state index >= 15 is 0 Å². The molecule has 0 aliphatic rings. The summed E-state index contributed by atoms with van der Waals surface area (Å²) in [6.07, 6.45) is -4.03. The Bertz CT molecular complexity index is 698. The number of hydrogen-bond donors (Lipinski definition) is 1. The second-order valence-corrected chi connectivity index (χ2v) is 5.73. The number of benzene rings is 1. The van der Waals surface area contributed by atoms with Gasteiger partial charge in [0.2, 0.25) is 0 Å². The van der Waals surface area contributed by atoms with Gasteiger partial charge < -0.3 is 9.47 Å². The zero-order valence-corrected chi connectivity index (χ0v) is 13.6. The second kappa shape index (κ2) is 8.25. The average molecular weight is 363 g/mol. The zero-order valence-electron chi connectivity index (χ0n) is 12.8. The van der Waals surface area contributed by atoms with Crippen molar-refractivity contribution in [2.75, 3.05) is 13.7 Å². The van der Waals surface area contributed by atoms with Crippen LogP contribution in [0.2, 0.25) is 0 Å². The molecule has 0 spiro atoms. The lowest BCUT2D eigenvalue weighted by molar-refractivity contribution is -0.274. The Balaban J connectivity index is 1.95. The largest absolute Gasteiger partial charge is 0.573 e. The van der Waals surface area contributed by atoms with Gasteiger partial charge in [-0.05, 0) is 24.1 Å². The topological polar surface area (TPSA) is 69.1 Å². The van der Waals surface area contributed by atoms with Crippen LogP contribution < -0.4 is 10.4 Å². The first-order valence-corrected chi connectivity index (χ1v) is 7.99. The van der Waals surface area contributed by atoms with Gasteiger partial charge in [-0.25, -0.2) is 9.89 Å². The van der Waals surface area contributed by atoms with Crippen molar-refractivity contribution >= 4 is 11.8 Å². The molecule has 1 aromatic heterocycles. The summed E-state index contributed by atoms with van der Waals surface area (Å²) in [5.74, 6) is 0.188. The predicted octanol–water partition coefficient (Wildman–Crippen LogP) is 2.80. The number of thioether (sulfide) groups is 1. The normalized spacial score (nSPS) is 11.7. The van der Waals surface area contributed by atoms with Crippen molar-refractivity contribution in [1.82, 2.24) is 14.8 Å². The molecule has 2 aromatic rings. The fraction of sp³-hybridized carbons (Fsp3) is 0.429. The van der Waals surface area contributed by atoms with Crippen LogP contribution in [0.3, 0.4) is 0 Å². The van der Waals surface area contributed by atoms with Gasteiger partial charge in [0.05, 0.1) is 0 Å². The molecule has 0 aliphatic carbocycles. The van der Waals surface area contributed by atoms with E-state index in [9.17, 15) is 18.0 Å². The summed E-state index contributed by atoms with van der Waals surface area (Å²) in [6, 6.07) is 5.57. The van der Waals surface area contributed by atoms with Gasteiger partial charge in [-0.3, -0.25) is 4.57 Å². The van der Waals surface area contributed by atoms with Crippen molar-refractivity contribution < 1.29 is 22.6 Å². The molecule has 0 unspecified atom stereocenters. The van der Waals surface area contributed by atoms with E-state index in [-0.39, 0.29) is 11.4 Å². The number of nitrogens with zero attached hydrogens (tertiary/aromatic N) is 2. The number of alkyl halides is 3. The Morgan fingerprint density at radius 3 is 2.62 bits per heavy atom. The van der Waals surface area contributed by atoms with E-state index in [0.29, 0.717) is 30.5 Å². The SMILES string of the molecule is COCCCn1c(SCc2ccc(OC(F)(F)F)cc2)n[nH]c1=O. The molecule has 0 amide bonds. The van der Waals surface area contributed by atoms with Crippen LogP contribution in [0.4, 0.5) is 13.2 Å². The molecule has 132 valence electrons. The van der Waals surface area contributed by atoms with Crippen LogP contribution >= 0.6 is 11.8 Å². The fourth-order valence-electron chi connectivity index (χ4n) is 1.91. The van der Waals surface area contributed by atoms with Crippen molar-refractivity contribution in [2.24, 2.45) is 0 Å². The summed E-state index contributed by atoms with van der Waals surface area (Å²) in [4.78, 5) is 11.7. The summed E-state index contributed by atoms with van der Waals surface area (Å²) < 4.78 is 46.6. The van der Waals surface area contributed by atoms with Crippen LogP contribution in [-0.2, 0) is 17.0 Å². The van der Waals surface area contributed by atoms with Gasteiger partial charge in [0, 0.05) is 26.0 Å². The number of aromatic amines is 1. The van der Waals surface area contributed by atoms with Gasteiger partial charge >= 0.3 is 12.1 Å². The van der Waals surface area contributed by atoms with Gasteiger partial charge in [-0.1, -0.05) is 23.9 Å². The van der Waals surface area contributed by atoms with Crippen molar-refractivity contribution in [3.8, 4) is 5.75 Å². The maximum absolute atomic E-state index is 12.1. The molecule has 1 heterocycles. The standard InChI is InChI=1S/C14H16F3N3O3S/c1-22-8-2-7-20-12(21)18-19-13(20)24-9-10-3-5-11(6-4-10)23-14(15,16)17/h3-6H,2,7-9H2,1H3,(H,18,21). The third kappa shape index (κ3) is 5.60. The molecule has 1 N–H and O–H groups in total. The summed E-state index contributed by atoms with van der Waals surface area (Å²) in [7, 11) is 1.58. The highest BCUT2D eigenvalue weighted by molar-refractivity contribution is 7.98. The van der Waals surface area contributed by atoms with Gasteiger partial charge in [0.1, 0.15) is 5.75 Å². The average Bonchev–Trinajstić information content (AvgIpc) is 2.86. The van der Waals surface area contributed by atoms with Crippen LogP contribution in [0.15, 0.2) is 34.2 Å². The van der Waals surface area contributed by atoms with E-state index < -0.39 is 6.36 Å². The third-order valence-corrected chi connectivity index (χ3v) is 4.03. The second-order valence-electron chi connectivity index (χ2n) is 4.79. The number of methoxy groups -OCH3 is 1. The van der Waals surface area contributed by atoms with Crippen LogP contribution in [0.5, 0.6) is 5.75 Å². The Labute approximate surface area is 140 Å². The minimum absolute atomic E-state index is 0.271. The molecule has 10 heteroatoms. The first-order chi connectivity index (χ1) is 11.4. The first kappa shape index (κ1) is 18.4. The summed E-state index contributed by atoms with van der Waals surface area (Å²) in [5, 5.41) is 6.86. The highest BCUT2D eigenvalue weighted by Crippen LogP contribution is 2.25. The summed E-state index contributed by atoms with van der Waals surface area (Å²) >= 11 is 1.31. The maximum Gasteiger partial charge on any atom is 0.573 e. The lowest BCUT2D eigenvalue weighted by atomic mass is 10.2. The Hall–Kier alpha value is -1.94. The smallest absolute Gasteiger partial charge is 0.406 e. The van der Waals surface area contributed by atoms with Crippen molar-refractivity contribution in [1.29, 1.82) is 0 Å². The number of halogens is 3. The van der Waals surface area contributed by atoms with Crippen LogP contribution in [0.1, 0.15) is 12.0 Å². The molecule has 0 bridgehead atoms. The van der Waals surface area contributed by atoms with Crippen LogP contribution in [-0.4, -0.2) is 34.8 Å². The molecular formula is C14H16F3N3O3S. The van der Waals surface area contributed by atoms with Crippen LogP contribution in [0.25, 0.3) is 0 Å². The molecule has 6 nitrogen and oxygen atoms in total. The molecule has 2 rings (SSSR count). The fourth-order valence-corrected chi connectivity index (χ4v) is 2.84. The molecule has 0 saturated carbocycles. The minimum Gasteiger partial charge on any atom is -0.406 e. The molecule has 0 fully saturated rings. The Morgan fingerprint density at radius 2 is 2.00 bits per heavy atom. The lowest BCUT2D eigenvalue weighted by Gasteiger charge is -2.09. The van der Waals surface area contributed by atoms with Gasteiger partial charge in [-0.15, -0.1) is 18.3 Å². The minimum atomic E-state index is -4.70. The van der Waals surface area contributed by atoms with Gasteiger partial charge in [-0.2, -0.15) is 0 Å². The molecule has 0 atom stereocenters. The number of H-pyrrole nitrogens is 1. The van der Waals surface area contributed by atoms with E-state index in [0.717, 1.165) is 5.56 Å². The molecule has 0 aliphatic heterocycles. The van der Waals surface area contributed by atoms with E-state index in [2.05, 4.69) is 14.9 Å². The molecule has 0 saturated heterocycles. The molecule has 1 aromatic carbocycles. The summed E-state index contributed by atoms with van der Waals surface area (Å²) in [5.41, 5.74) is 0.482. The number of rotatable bonds is 8. The zero-order chi connectivity index (χ0) is 17.6. The number of nitrogens with one attached hydrogen (secondary N) is 1. The van der Waals surface area contributed by atoms with Crippen molar-refractivity contribution in [3.63, 3.8) is 0 Å². The predicted molar refractivity (Wildman–Crippen MR) is 82.0 cm³/mol. The van der Waals surface area contributed by atoms with E-state index in [4.69, 9.17) is 4.74 Å². The highest BCUT2D eigenvalue weighted by Gasteiger charge is 2.30. The van der Waals surface area contributed by atoms with Gasteiger partial charge in [0.15, 0.2) is 5.16 Å². The van der Waals surface area contributed by atoms with E-state index in [1.165, 1.54) is 40.6 Å². The van der Waals surface area contributed by atoms with Gasteiger partial charge in [0.25, 0.3) is 0 Å². The van der Waals surface area contributed by atoms with E-state index in [1.807, 2.05) is 0 Å².